The normalized spacial score (nSPS) is 15.5. The molecule has 0 saturated carbocycles. The van der Waals surface area contributed by atoms with Gasteiger partial charge in [-0.15, -0.1) is 5.10 Å². The zero-order valence-electron chi connectivity index (χ0n) is 12.8. The number of amidine groups is 1. The summed E-state index contributed by atoms with van der Waals surface area (Å²) in [5, 5.41) is 4.43. The molecule has 3 rings (SSSR count). The van der Waals surface area contributed by atoms with Gasteiger partial charge >= 0.3 is 0 Å². The summed E-state index contributed by atoms with van der Waals surface area (Å²) >= 11 is 4.60. The highest BCUT2D eigenvalue weighted by atomic mass is 79.9. The molecule has 0 atom stereocenters. The topological polar surface area (TPSA) is 96.8 Å². The molecule has 25 heavy (non-hydrogen) atoms. The quantitative estimate of drug-likeness (QED) is 0.739. The van der Waals surface area contributed by atoms with E-state index >= 15 is 0 Å². The lowest BCUT2D eigenvalue weighted by Gasteiger charge is -2.15. The van der Waals surface area contributed by atoms with Gasteiger partial charge in [-0.3, -0.25) is 19.5 Å². The van der Waals surface area contributed by atoms with Crippen LogP contribution in [0.25, 0.3) is 0 Å². The van der Waals surface area contributed by atoms with Crippen LogP contribution in [0, 0.1) is 0 Å². The molecule has 0 bridgehead atoms. The number of ether oxygens (including phenoxy) is 1. The van der Waals surface area contributed by atoms with Crippen LogP contribution >= 0.6 is 27.7 Å². The fourth-order valence-electron chi connectivity index (χ4n) is 1.93. The highest BCUT2D eigenvalue weighted by molar-refractivity contribution is 9.10. The molecule has 1 fully saturated rings. The summed E-state index contributed by atoms with van der Waals surface area (Å²) in [5.41, 5.74) is 3.06. The maximum Gasteiger partial charge on any atom is 0.278 e. The third kappa shape index (κ3) is 4.54. The molecule has 1 aliphatic rings. The third-order valence-electron chi connectivity index (χ3n) is 3.02. The number of thioether (sulfide) groups is 1. The van der Waals surface area contributed by atoms with Gasteiger partial charge in [0.05, 0.1) is 17.6 Å². The summed E-state index contributed by atoms with van der Waals surface area (Å²) in [6.07, 6.45) is 4.37. The monoisotopic (exact) mass is 421 g/mol. The number of nitrogens with zero attached hydrogens (tertiary/aromatic N) is 4. The van der Waals surface area contributed by atoms with E-state index in [1.807, 2.05) is 12.1 Å². The Kier molecular flexibility index (Phi) is 5.61. The maximum absolute atomic E-state index is 12.1. The first-order valence-corrected chi connectivity index (χ1v) is 8.88. The zero-order valence-corrected chi connectivity index (χ0v) is 15.2. The van der Waals surface area contributed by atoms with E-state index in [1.54, 1.807) is 12.1 Å². The number of hydrazone groups is 1. The molecule has 1 N–H and O–H groups in total. The molecular weight excluding hydrogens is 410 g/mol. The van der Waals surface area contributed by atoms with Crippen molar-refractivity contribution in [3.05, 3.63) is 47.3 Å². The lowest BCUT2D eigenvalue weighted by molar-refractivity contribution is -0.123. The minimum atomic E-state index is -0.464. The largest absolute Gasteiger partial charge is 0.466 e. The number of carbonyl (C=O) groups is 2. The molecule has 2 amide bonds. The van der Waals surface area contributed by atoms with Gasteiger partial charge in [0.25, 0.3) is 5.91 Å². The van der Waals surface area contributed by atoms with Crippen molar-refractivity contribution < 1.29 is 14.3 Å². The Hall–Kier alpha value is -2.46. The van der Waals surface area contributed by atoms with Crippen LogP contribution in [0.1, 0.15) is 0 Å². The van der Waals surface area contributed by atoms with Gasteiger partial charge in [-0.2, -0.15) is 0 Å². The van der Waals surface area contributed by atoms with E-state index in [2.05, 4.69) is 36.4 Å². The van der Waals surface area contributed by atoms with Crippen molar-refractivity contribution in [1.82, 2.24) is 15.4 Å². The van der Waals surface area contributed by atoms with Crippen LogP contribution in [-0.2, 0) is 9.59 Å². The lowest BCUT2D eigenvalue weighted by Crippen LogP contribution is -2.32. The van der Waals surface area contributed by atoms with E-state index in [0.29, 0.717) is 10.9 Å². The van der Waals surface area contributed by atoms with Crippen LogP contribution in [0.2, 0.25) is 0 Å². The van der Waals surface area contributed by atoms with Crippen molar-refractivity contribution in [2.75, 3.05) is 17.3 Å². The second-order valence-electron chi connectivity index (χ2n) is 4.76. The first kappa shape index (κ1) is 17.4. The van der Waals surface area contributed by atoms with Crippen molar-refractivity contribution in [3.63, 3.8) is 0 Å². The predicted molar refractivity (Wildman–Crippen MR) is 97.2 cm³/mol. The average Bonchev–Trinajstić information content (AvgIpc) is 3.00. The summed E-state index contributed by atoms with van der Waals surface area (Å²) in [5.74, 6) is -0.0573. The van der Waals surface area contributed by atoms with Gasteiger partial charge < -0.3 is 4.74 Å². The molecule has 1 aliphatic heterocycles. The van der Waals surface area contributed by atoms with Gasteiger partial charge in [0, 0.05) is 16.9 Å². The SMILES string of the molecule is O=C(COc1cnccn1)NN=C1SCC(=O)N1c1ccc(Br)cc1. The second-order valence-corrected chi connectivity index (χ2v) is 6.61. The van der Waals surface area contributed by atoms with E-state index in [-0.39, 0.29) is 24.1 Å². The zero-order chi connectivity index (χ0) is 17.6. The van der Waals surface area contributed by atoms with Crippen LogP contribution < -0.4 is 15.1 Å². The number of amides is 2. The minimum Gasteiger partial charge on any atom is -0.466 e. The number of benzene rings is 1. The average molecular weight is 422 g/mol. The molecule has 1 aromatic carbocycles. The Morgan fingerprint density at radius 2 is 2.16 bits per heavy atom. The molecule has 0 unspecified atom stereocenters. The highest BCUT2D eigenvalue weighted by Gasteiger charge is 2.30. The molecule has 0 aliphatic carbocycles. The number of hydrogen-bond donors (Lipinski definition) is 1. The molecule has 2 heterocycles. The first-order chi connectivity index (χ1) is 12.1. The number of halogens is 1. The highest BCUT2D eigenvalue weighted by Crippen LogP contribution is 2.27. The number of nitrogens with one attached hydrogen (secondary N) is 1. The van der Waals surface area contributed by atoms with Crippen LogP contribution in [0.4, 0.5) is 5.69 Å². The lowest BCUT2D eigenvalue weighted by atomic mass is 10.3. The molecule has 10 heteroatoms. The van der Waals surface area contributed by atoms with Crippen LogP contribution in [0.3, 0.4) is 0 Å². The van der Waals surface area contributed by atoms with Crippen LogP contribution in [-0.4, -0.2) is 39.3 Å². The van der Waals surface area contributed by atoms with Gasteiger partial charge in [-0.05, 0) is 24.3 Å². The molecule has 0 radical (unpaired) electrons. The van der Waals surface area contributed by atoms with Gasteiger partial charge in [0.1, 0.15) is 0 Å². The van der Waals surface area contributed by atoms with E-state index in [0.717, 1.165) is 4.47 Å². The van der Waals surface area contributed by atoms with Crippen molar-refractivity contribution in [2.45, 2.75) is 0 Å². The number of anilines is 1. The molecule has 128 valence electrons. The summed E-state index contributed by atoms with van der Waals surface area (Å²) in [7, 11) is 0. The smallest absolute Gasteiger partial charge is 0.278 e. The standard InChI is InChI=1S/C15H12BrN5O3S/c16-10-1-3-11(4-2-10)21-14(23)9-25-15(21)20-19-12(22)8-24-13-7-17-5-6-18-13/h1-7H,8-9H2,(H,19,22). The van der Waals surface area contributed by atoms with Crippen molar-refractivity contribution in [3.8, 4) is 5.88 Å². The summed E-state index contributed by atoms with van der Waals surface area (Å²) in [6, 6.07) is 7.25. The van der Waals surface area contributed by atoms with Gasteiger partial charge in [0.2, 0.25) is 11.8 Å². The van der Waals surface area contributed by atoms with E-state index in [4.69, 9.17) is 4.74 Å². The second kappa shape index (κ2) is 8.08. The molecule has 1 aromatic heterocycles. The fourth-order valence-corrected chi connectivity index (χ4v) is 3.02. The van der Waals surface area contributed by atoms with E-state index in [1.165, 1.54) is 35.3 Å². The van der Waals surface area contributed by atoms with Crippen molar-refractivity contribution in [1.29, 1.82) is 0 Å². The Labute approximate surface area is 155 Å². The fraction of sp³-hybridized carbons (Fsp3) is 0.133. The van der Waals surface area contributed by atoms with Crippen LogP contribution in [0.5, 0.6) is 5.88 Å². The number of aromatic nitrogens is 2. The Morgan fingerprint density at radius 1 is 1.36 bits per heavy atom. The molecule has 2 aromatic rings. The molecule has 8 nitrogen and oxygen atoms in total. The third-order valence-corrected chi connectivity index (χ3v) is 4.47. The van der Waals surface area contributed by atoms with Crippen molar-refractivity contribution in [2.24, 2.45) is 5.10 Å². The Balaban J connectivity index is 1.62. The first-order valence-electron chi connectivity index (χ1n) is 7.10. The van der Waals surface area contributed by atoms with E-state index < -0.39 is 5.91 Å². The number of rotatable bonds is 5. The Bertz CT molecular complexity index is 801. The summed E-state index contributed by atoms with van der Waals surface area (Å²) < 4.78 is 6.09. The summed E-state index contributed by atoms with van der Waals surface area (Å²) in [4.78, 5) is 33.1. The van der Waals surface area contributed by atoms with Crippen LogP contribution in [0.15, 0.2) is 52.4 Å². The van der Waals surface area contributed by atoms with E-state index in [9.17, 15) is 9.59 Å². The molecule has 0 spiro atoms. The predicted octanol–water partition coefficient (Wildman–Crippen LogP) is 1.79. The number of carbonyl (C=O) groups excluding carboxylic acids is 2. The number of hydrogen-bond acceptors (Lipinski definition) is 7. The maximum atomic E-state index is 12.1. The summed E-state index contributed by atoms with van der Waals surface area (Å²) in [6.45, 7) is -0.258. The van der Waals surface area contributed by atoms with Gasteiger partial charge in [-0.1, -0.05) is 27.7 Å². The van der Waals surface area contributed by atoms with Gasteiger partial charge in [0.15, 0.2) is 11.8 Å². The Morgan fingerprint density at radius 3 is 2.88 bits per heavy atom. The van der Waals surface area contributed by atoms with Gasteiger partial charge in [-0.25, -0.2) is 10.4 Å². The molecular formula is C15H12BrN5O3S. The minimum absolute atomic E-state index is 0.101. The van der Waals surface area contributed by atoms with Crippen molar-refractivity contribution >= 4 is 50.4 Å². The molecule has 1 saturated heterocycles.